The first-order valence-electron chi connectivity index (χ1n) is 0.378. The Kier molecular flexibility index (Phi) is 20.0. The molecule has 0 atom stereocenters. The Morgan fingerprint density at radius 2 is 1.25 bits per heavy atom. The molecule has 4 heavy (non-hydrogen) atoms. The van der Waals surface area contributed by atoms with Gasteiger partial charge in [0.2, 0.25) is 0 Å². The number of rotatable bonds is 0. The van der Waals surface area contributed by atoms with E-state index >= 15 is 0 Å². The van der Waals surface area contributed by atoms with Gasteiger partial charge in [-0.05, 0) is 0 Å². The summed E-state index contributed by atoms with van der Waals surface area (Å²) in [5.41, 5.74) is 0. The van der Waals surface area contributed by atoms with Crippen LogP contribution in [0.5, 0.6) is 0 Å². The Bertz CT molecular complexity index is 6.00. The molecule has 0 aliphatic carbocycles. The molecular formula is HCl2OPb. The summed E-state index contributed by atoms with van der Waals surface area (Å²) in [6.45, 7) is 0. The van der Waals surface area contributed by atoms with Crippen LogP contribution in [0.3, 0.4) is 0 Å². The van der Waals surface area contributed by atoms with Gasteiger partial charge < -0.3 is 5.48 Å². The van der Waals surface area contributed by atoms with Gasteiger partial charge in [-0.15, -0.1) is 0 Å². The standard InChI is InChI=1S/2ClH.H2O.Pb/h2*1H;1H2;/q;;;+3/p-3. The van der Waals surface area contributed by atoms with Crippen molar-refractivity contribution in [3.63, 3.8) is 0 Å². The molecule has 0 fully saturated rings. The molecule has 1 nitrogen and oxygen atoms in total. The zero-order valence-corrected chi connectivity index (χ0v) is 7.10. The summed E-state index contributed by atoms with van der Waals surface area (Å²) in [7, 11) is 9.92. The molecule has 0 bridgehead atoms. The summed E-state index contributed by atoms with van der Waals surface area (Å²) >= 11 is -0.972. The van der Waals surface area contributed by atoms with E-state index in [2.05, 4.69) is 0 Å². The fourth-order valence-electron chi connectivity index (χ4n) is 0. The quantitative estimate of drug-likeness (QED) is 0.609. The van der Waals surface area contributed by atoms with E-state index in [1.165, 1.54) is 0 Å². The Morgan fingerprint density at radius 1 is 1.25 bits per heavy atom. The maximum Gasteiger partial charge on any atom is -0.870 e. The smallest absolute Gasteiger partial charge is 0.870 e. The first-order chi connectivity index (χ1) is 1.41. The molecule has 0 spiro atoms. The maximum atomic E-state index is 4.96. The zero-order valence-electron chi connectivity index (χ0n) is 1.70. The Balaban J connectivity index is 0. The second kappa shape index (κ2) is 8.82. The van der Waals surface area contributed by atoms with Crippen LogP contribution in [0.25, 0.3) is 0 Å². The van der Waals surface area contributed by atoms with Gasteiger partial charge in [-0.25, -0.2) is 0 Å². The Morgan fingerprint density at radius 3 is 1.25 bits per heavy atom. The molecule has 4 heteroatoms. The average Bonchev–Trinajstić information content (AvgIpc) is 0.918. The van der Waals surface area contributed by atoms with Crippen LogP contribution in [0.4, 0.5) is 0 Å². The Hall–Kier alpha value is 1.46. The van der Waals surface area contributed by atoms with E-state index in [0.29, 0.717) is 0 Å². The minimum Gasteiger partial charge on any atom is -0.870 e. The molecule has 0 heterocycles. The minimum atomic E-state index is -0.972. The molecule has 0 aliphatic rings. The molecule has 0 aromatic carbocycles. The van der Waals surface area contributed by atoms with Crippen LogP contribution in [-0.2, 0) is 0 Å². The summed E-state index contributed by atoms with van der Waals surface area (Å²) in [4.78, 5) is 0. The van der Waals surface area contributed by atoms with Gasteiger partial charge in [0.25, 0.3) is 0 Å². The van der Waals surface area contributed by atoms with Crippen LogP contribution >= 0.6 is 16.6 Å². The van der Waals surface area contributed by atoms with Crippen LogP contribution in [0.15, 0.2) is 0 Å². The predicted octanol–water partition coefficient (Wildman–Crippen LogP) is 0.821. The van der Waals surface area contributed by atoms with E-state index in [1.54, 1.807) is 0 Å². The van der Waals surface area contributed by atoms with E-state index in [1.807, 2.05) is 0 Å². The van der Waals surface area contributed by atoms with Crippen LogP contribution < -0.4 is 0 Å². The fourth-order valence-corrected chi connectivity index (χ4v) is 0. The third-order valence-electron chi connectivity index (χ3n) is 0. The van der Waals surface area contributed by atoms with Gasteiger partial charge in [0.15, 0.2) is 0 Å². The third kappa shape index (κ3) is 9.82. The summed E-state index contributed by atoms with van der Waals surface area (Å²) < 4.78 is 0. The third-order valence-corrected chi connectivity index (χ3v) is 0. The van der Waals surface area contributed by atoms with Crippen molar-refractivity contribution >= 4 is 38.4 Å². The van der Waals surface area contributed by atoms with Gasteiger partial charge in [0.05, 0.1) is 0 Å². The van der Waals surface area contributed by atoms with Gasteiger partial charge in [0, 0.05) is 0 Å². The van der Waals surface area contributed by atoms with Crippen LogP contribution in [0.1, 0.15) is 0 Å². The fraction of sp³-hybridized carbons (Fsp3) is 0. The van der Waals surface area contributed by atoms with E-state index in [0.717, 1.165) is 0 Å². The van der Waals surface area contributed by atoms with Crippen LogP contribution in [-0.4, -0.2) is 27.3 Å². The monoisotopic (exact) mass is 295 g/mol. The number of hydrogen-bond acceptors (Lipinski definition) is 1. The second-order valence-electron chi connectivity index (χ2n) is 0.0714. The molecular weight excluding hydrogens is 294 g/mol. The Labute approximate surface area is 43.7 Å². The number of hydrogen-bond donors (Lipinski definition) is 0. The van der Waals surface area contributed by atoms with E-state index < -0.39 is 21.8 Å². The summed E-state index contributed by atoms with van der Waals surface area (Å²) in [6.07, 6.45) is 0. The van der Waals surface area contributed by atoms with Crippen molar-refractivity contribution in [2.24, 2.45) is 0 Å². The largest absolute Gasteiger partial charge is 0.870 e. The van der Waals surface area contributed by atoms with Gasteiger partial charge in [0.1, 0.15) is 0 Å². The molecule has 0 unspecified atom stereocenters. The van der Waals surface area contributed by atoms with Crippen molar-refractivity contribution in [1.82, 2.24) is 0 Å². The molecule has 0 amide bonds. The average molecular weight is 295 g/mol. The molecule has 25 valence electrons. The van der Waals surface area contributed by atoms with Gasteiger partial charge in [-0.1, -0.05) is 0 Å². The van der Waals surface area contributed by atoms with E-state index in [-0.39, 0.29) is 5.48 Å². The second-order valence-corrected chi connectivity index (χ2v) is 5.64. The maximum absolute atomic E-state index is 4.96. The molecule has 0 aliphatic heterocycles. The molecule has 0 rings (SSSR count). The van der Waals surface area contributed by atoms with Gasteiger partial charge in [-0.3, -0.25) is 0 Å². The molecule has 0 aromatic heterocycles. The summed E-state index contributed by atoms with van der Waals surface area (Å²) in [5, 5.41) is 0. The van der Waals surface area contributed by atoms with Crippen molar-refractivity contribution < 1.29 is 5.48 Å². The first-order valence-corrected chi connectivity index (χ1v) is 9.95. The van der Waals surface area contributed by atoms with Gasteiger partial charge >= 0.3 is 38.4 Å². The van der Waals surface area contributed by atoms with Crippen molar-refractivity contribution in [1.29, 1.82) is 0 Å². The summed E-state index contributed by atoms with van der Waals surface area (Å²) in [5.74, 6) is 0. The van der Waals surface area contributed by atoms with Crippen molar-refractivity contribution in [2.75, 3.05) is 0 Å². The predicted molar refractivity (Wildman–Crippen MR) is 19.4 cm³/mol. The van der Waals surface area contributed by atoms with E-state index in [9.17, 15) is 0 Å². The van der Waals surface area contributed by atoms with Crippen LogP contribution in [0.2, 0.25) is 0 Å². The first kappa shape index (κ1) is 9.07. The molecule has 0 saturated carbocycles. The molecule has 0 saturated heterocycles. The normalized spacial score (nSPS) is 3.50. The minimum absolute atomic E-state index is 0. The van der Waals surface area contributed by atoms with Gasteiger partial charge in [-0.2, -0.15) is 0 Å². The summed E-state index contributed by atoms with van der Waals surface area (Å²) in [6, 6.07) is 0. The SMILES string of the molecule is [Cl][Pb+][Cl].[OH-]. The molecule has 1 N–H and O–H groups in total. The zero-order chi connectivity index (χ0) is 2.71. The molecule has 0 aromatic rings. The van der Waals surface area contributed by atoms with Crippen LogP contribution in [0, 0.1) is 0 Å². The molecule has 1 radical (unpaired) electrons. The topological polar surface area (TPSA) is 30.0 Å². The van der Waals surface area contributed by atoms with Crippen molar-refractivity contribution in [3.8, 4) is 0 Å². The van der Waals surface area contributed by atoms with Crippen molar-refractivity contribution in [3.05, 3.63) is 0 Å². The van der Waals surface area contributed by atoms with Crippen molar-refractivity contribution in [2.45, 2.75) is 0 Å². The number of halogens is 2. The van der Waals surface area contributed by atoms with E-state index in [4.69, 9.17) is 16.6 Å².